The number of rotatable bonds is 5. The largest absolute Gasteiger partial charge is 0.297 e. The Morgan fingerprint density at radius 1 is 1.12 bits per heavy atom. The van der Waals surface area contributed by atoms with E-state index in [1.165, 1.54) is 16.9 Å². The zero-order valence-electron chi connectivity index (χ0n) is 13.3. The second-order valence-corrected chi connectivity index (χ2v) is 6.44. The highest BCUT2D eigenvalue weighted by atomic mass is 32.1. The predicted octanol–water partition coefficient (Wildman–Crippen LogP) is 4.28. The number of benzene rings is 2. The molecule has 0 radical (unpaired) electrons. The number of amides is 1. The first-order valence-electron chi connectivity index (χ1n) is 7.71. The molecule has 0 fully saturated rings. The lowest BCUT2D eigenvalue weighted by Gasteiger charge is -2.00. The van der Waals surface area contributed by atoms with E-state index in [-0.39, 0.29) is 5.57 Å². The van der Waals surface area contributed by atoms with Gasteiger partial charge in [0.2, 0.25) is 0 Å². The van der Waals surface area contributed by atoms with Crippen LogP contribution in [0, 0.1) is 11.3 Å². The molecule has 2 aromatic carbocycles. The molecule has 0 spiro atoms. The normalized spacial score (nSPS) is 10.9. The summed E-state index contributed by atoms with van der Waals surface area (Å²) in [7, 11) is 0. The van der Waals surface area contributed by atoms with Gasteiger partial charge in [-0.2, -0.15) is 5.26 Å². The highest BCUT2D eigenvalue weighted by molar-refractivity contribution is 7.15. The van der Waals surface area contributed by atoms with Gasteiger partial charge in [0, 0.05) is 17.5 Å². The van der Waals surface area contributed by atoms with Crippen LogP contribution in [-0.2, 0) is 11.2 Å². The fourth-order valence-electron chi connectivity index (χ4n) is 2.27. The lowest BCUT2D eigenvalue weighted by atomic mass is 10.1. The summed E-state index contributed by atoms with van der Waals surface area (Å²) in [6.45, 7) is 0. The van der Waals surface area contributed by atoms with Crippen LogP contribution < -0.4 is 5.32 Å². The minimum Gasteiger partial charge on any atom is -0.297 e. The molecular formula is C20H15N3OS. The third-order valence-corrected chi connectivity index (χ3v) is 4.38. The van der Waals surface area contributed by atoms with Gasteiger partial charge in [0.25, 0.3) is 5.91 Å². The van der Waals surface area contributed by atoms with Crippen molar-refractivity contribution in [1.29, 1.82) is 5.26 Å². The Balaban J connectivity index is 1.68. The van der Waals surface area contributed by atoms with E-state index in [0.717, 1.165) is 16.9 Å². The van der Waals surface area contributed by atoms with Crippen molar-refractivity contribution in [2.24, 2.45) is 0 Å². The first-order chi connectivity index (χ1) is 12.2. The Hall–Kier alpha value is -3.23. The standard InChI is InChI=1S/C20H15N3OS/c21-13-17(11-15-7-3-1-4-8-15)19(24)23-20-22-14-18(25-20)12-16-9-5-2-6-10-16/h1-11,14H,12H2,(H,22,23,24)/b17-11+. The number of nitrogens with zero attached hydrogens (tertiary/aromatic N) is 2. The fourth-order valence-corrected chi connectivity index (χ4v) is 3.11. The molecule has 0 aliphatic heterocycles. The molecule has 0 aliphatic rings. The van der Waals surface area contributed by atoms with E-state index < -0.39 is 5.91 Å². The van der Waals surface area contributed by atoms with Crippen LogP contribution in [0.15, 0.2) is 72.4 Å². The van der Waals surface area contributed by atoms with E-state index in [0.29, 0.717) is 5.13 Å². The van der Waals surface area contributed by atoms with Crippen LogP contribution in [0.1, 0.15) is 16.0 Å². The summed E-state index contributed by atoms with van der Waals surface area (Å²) in [5, 5.41) is 12.4. The van der Waals surface area contributed by atoms with Crippen molar-refractivity contribution in [2.45, 2.75) is 6.42 Å². The second kappa shape index (κ2) is 8.04. The van der Waals surface area contributed by atoms with E-state index in [4.69, 9.17) is 0 Å². The molecule has 25 heavy (non-hydrogen) atoms. The quantitative estimate of drug-likeness (QED) is 0.554. The van der Waals surface area contributed by atoms with E-state index in [9.17, 15) is 10.1 Å². The maximum Gasteiger partial charge on any atom is 0.268 e. The zero-order chi connectivity index (χ0) is 17.5. The SMILES string of the molecule is N#C/C(=C\c1ccccc1)C(=O)Nc1ncc(Cc2ccccc2)s1. The molecule has 0 unspecified atom stereocenters. The summed E-state index contributed by atoms with van der Waals surface area (Å²) >= 11 is 1.41. The maximum absolute atomic E-state index is 12.3. The molecule has 3 aromatic rings. The number of hydrogen-bond donors (Lipinski definition) is 1. The number of carbonyl (C=O) groups is 1. The molecule has 0 aliphatic carbocycles. The molecule has 3 rings (SSSR count). The summed E-state index contributed by atoms with van der Waals surface area (Å²) in [5.41, 5.74) is 2.04. The molecule has 5 heteroatoms. The number of aromatic nitrogens is 1. The predicted molar refractivity (Wildman–Crippen MR) is 100 cm³/mol. The van der Waals surface area contributed by atoms with Gasteiger partial charge >= 0.3 is 0 Å². The Morgan fingerprint density at radius 2 is 1.80 bits per heavy atom. The highest BCUT2D eigenvalue weighted by Gasteiger charge is 2.12. The van der Waals surface area contributed by atoms with Crippen LogP contribution in [0.3, 0.4) is 0 Å². The van der Waals surface area contributed by atoms with Crippen molar-refractivity contribution in [2.75, 3.05) is 5.32 Å². The number of hydrogen-bond acceptors (Lipinski definition) is 4. The molecular weight excluding hydrogens is 330 g/mol. The number of carbonyl (C=O) groups excluding carboxylic acids is 1. The number of nitrogens with one attached hydrogen (secondary N) is 1. The van der Waals surface area contributed by atoms with Crippen LogP contribution >= 0.6 is 11.3 Å². The van der Waals surface area contributed by atoms with Crippen molar-refractivity contribution in [3.63, 3.8) is 0 Å². The van der Waals surface area contributed by atoms with Gasteiger partial charge in [-0.1, -0.05) is 60.7 Å². The molecule has 0 saturated carbocycles. The van der Waals surface area contributed by atoms with Crippen LogP contribution in [-0.4, -0.2) is 10.9 Å². The molecule has 1 heterocycles. The summed E-state index contributed by atoms with van der Waals surface area (Å²) < 4.78 is 0. The van der Waals surface area contributed by atoms with Crippen molar-refractivity contribution in [3.05, 3.63) is 88.4 Å². The summed E-state index contributed by atoms with van der Waals surface area (Å²) in [5.74, 6) is -0.452. The van der Waals surface area contributed by atoms with Crippen LogP contribution in [0.4, 0.5) is 5.13 Å². The van der Waals surface area contributed by atoms with Gasteiger partial charge in [0.1, 0.15) is 11.6 Å². The van der Waals surface area contributed by atoms with Gasteiger partial charge in [0.05, 0.1) is 0 Å². The number of anilines is 1. The molecule has 1 amide bonds. The Kier molecular flexibility index (Phi) is 5.35. The minimum atomic E-state index is -0.452. The molecule has 1 N–H and O–H groups in total. The summed E-state index contributed by atoms with van der Waals surface area (Å²) in [6.07, 6.45) is 4.08. The van der Waals surface area contributed by atoms with Crippen molar-refractivity contribution in [3.8, 4) is 6.07 Å². The van der Waals surface area contributed by atoms with E-state index in [1.807, 2.05) is 66.7 Å². The summed E-state index contributed by atoms with van der Waals surface area (Å²) in [6, 6.07) is 21.3. The topological polar surface area (TPSA) is 65.8 Å². The Labute approximate surface area is 150 Å². The lowest BCUT2D eigenvalue weighted by Crippen LogP contribution is -2.13. The van der Waals surface area contributed by atoms with Crippen molar-refractivity contribution in [1.82, 2.24) is 4.98 Å². The van der Waals surface area contributed by atoms with Gasteiger partial charge in [0.15, 0.2) is 5.13 Å². The van der Waals surface area contributed by atoms with Crippen LogP contribution in [0.5, 0.6) is 0 Å². The van der Waals surface area contributed by atoms with Gasteiger partial charge in [-0.3, -0.25) is 10.1 Å². The van der Waals surface area contributed by atoms with E-state index in [2.05, 4.69) is 10.3 Å². The number of nitriles is 1. The number of thiazole rings is 1. The average Bonchev–Trinajstić information content (AvgIpc) is 3.08. The van der Waals surface area contributed by atoms with E-state index >= 15 is 0 Å². The van der Waals surface area contributed by atoms with Gasteiger partial charge in [-0.25, -0.2) is 4.98 Å². The minimum absolute atomic E-state index is 0.0472. The van der Waals surface area contributed by atoms with Gasteiger partial charge < -0.3 is 0 Å². The first-order valence-corrected chi connectivity index (χ1v) is 8.53. The Bertz CT molecular complexity index is 924. The molecule has 122 valence electrons. The summed E-state index contributed by atoms with van der Waals surface area (Å²) in [4.78, 5) is 17.6. The van der Waals surface area contributed by atoms with Crippen LogP contribution in [0.25, 0.3) is 6.08 Å². The second-order valence-electron chi connectivity index (χ2n) is 5.33. The smallest absolute Gasteiger partial charge is 0.268 e. The monoisotopic (exact) mass is 345 g/mol. The average molecular weight is 345 g/mol. The lowest BCUT2D eigenvalue weighted by molar-refractivity contribution is -0.112. The van der Waals surface area contributed by atoms with Crippen molar-refractivity contribution >= 4 is 28.5 Å². The van der Waals surface area contributed by atoms with Crippen molar-refractivity contribution < 1.29 is 4.79 Å². The van der Waals surface area contributed by atoms with Gasteiger partial charge in [-0.05, 0) is 17.2 Å². The maximum atomic E-state index is 12.3. The molecule has 0 atom stereocenters. The molecule has 0 bridgehead atoms. The van der Waals surface area contributed by atoms with Gasteiger partial charge in [-0.15, -0.1) is 11.3 Å². The van der Waals surface area contributed by atoms with E-state index in [1.54, 1.807) is 12.3 Å². The molecule has 1 aromatic heterocycles. The third kappa shape index (κ3) is 4.63. The zero-order valence-corrected chi connectivity index (χ0v) is 14.2. The first kappa shape index (κ1) is 16.6. The van der Waals surface area contributed by atoms with Crippen LogP contribution in [0.2, 0.25) is 0 Å². The third-order valence-electron chi connectivity index (χ3n) is 3.47. The highest BCUT2D eigenvalue weighted by Crippen LogP contribution is 2.21. The molecule has 0 saturated heterocycles. The molecule has 4 nitrogen and oxygen atoms in total. The Morgan fingerprint density at radius 3 is 2.48 bits per heavy atom. The fraction of sp³-hybridized carbons (Fsp3) is 0.0500.